The Balaban J connectivity index is 2.40. The molecular weight excluding hydrogens is 248 g/mol. The molecule has 2 aromatic rings. The van der Waals surface area contributed by atoms with Crippen LogP contribution >= 0.6 is 0 Å². The second-order valence-corrected chi connectivity index (χ2v) is 4.46. The molecule has 0 aromatic heterocycles. The van der Waals surface area contributed by atoms with E-state index in [2.05, 4.69) is 0 Å². The van der Waals surface area contributed by atoms with Gasteiger partial charge in [0, 0.05) is 11.6 Å². The Hall–Kier alpha value is -1.94. The third-order valence-corrected chi connectivity index (χ3v) is 2.84. The van der Waals surface area contributed by atoms with Crippen LogP contribution in [0.5, 0.6) is 11.5 Å². The summed E-state index contributed by atoms with van der Waals surface area (Å²) in [5.41, 5.74) is 6.80. The molecule has 2 aromatic carbocycles. The van der Waals surface area contributed by atoms with Gasteiger partial charge in [-0.1, -0.05) is 12.1 Å². The lowest BCUT2D eigenvalue weighted by Crippen LogP contribution is -2.07. The Morgan fingerprint density at radius 1 is 1.11 bits per heavy atom. The minimum atomic E-state index is -0.489. The van der Waals surface area contributed by atoms with Crippen LogP contribution < -0.4 is 10.5 Å². The summed E-state index contributed by atoms with van der Waals surface area (Å²) < 4.78 is 32.5. The zero-order valence-electron chi connectivity index (χ0n) is 10.8. The first-order valence-corrected chi connectivity index (χ1v) is 5.97. The predicted molar refractivity (Wildman–Crippen MR) is 70.2 cm³/mol. The van der Waals surface area contributed by atoms with Crippen molar-refractivity contribution in [3.8, 4) is 11.5 Å². The van der Waals surface area contributed by atoms with Crippen molar-refractivity contribution in [2.24, 2.45) is 5.73 Å². The standard InChI is InChI=1S/C15H15F2NO/c1-9-8-11(6-7-13(9)16)19-15-12(10(2)18)4-3-5-14(15)17/h3-8,10H,18H2,1-2H3/t10-/m1/s1. The maximum atomic E-state index is 13.8. The van der Waals surface area contributed by atoms with Gasteiger partial charge in [-0.3, -0.25) is 0 Å². The molecule has 4 heteroatoms. The summed E-state index contributed by atoms with van der Waals surface area (Å²) in [5.74, 6) is -0.348. The van der Waals surface area contributed by atoms with Crippen LogP contribution in [0.4, 0.5) is 8.78 Å². The number of hydrogen-bond donors (Lipinski definition) is 1. The number of aryl methyl sites for hydroxylation is 1. The van der Waals surface area contributed by atoms with E-state index in [1.165, 1.54) is 24.3 Å². The number of ether oxygens (including phenoxy) is 1. The molecule has 0 aliphatic carbocycles. The highest BCUT2D eigenvalue weighted by Crippen LogP contribution is 2.32. The lowest BCUT2D eigenvalue weighted by Gasteiger charge is -2.14. The molecule has 0 amide bonds. The van der Waals surface area contributed by atoms with Crippen molar-refractivity contribution in [1.29, 1.82) is 0 Å². The van der Waals surface area contributed by atoms with Crippen molar-refractivity contribution in [3.05, 3.63) is 59.2 Å². The highest BCUT2D eigenvalue weighted by atomic mass is 19.1. The molecule has 0 radical (unpaired) electrons. The molecule has 0 aliphatic rings. The minimum Gasteiger partial charge on any atom is -0.454 e. The van der Waals surface area contributed by atoms with Crippen LogP contribution in [0.1, 0.15) is 24.1 Å². The Morgan fingerprint density at radius 3 is 2.47 bits per heavy atom. The van der Waals surface area contributed by atoms with Crippen LogP contribution in [0, 0.1) is 18.6 Å². The van der Waals surface area contributed by atoms with Crippen LogP contribution in [0.3, 0.4) is 0 Å². The van der Waals surface area contributed by atoms with E-state index in [1.807, 2.05) is 0 Å². The first-order valence-electron chi connectivity index (χ1n) is 5.97. The van der Waals surface area contributed by atoms with E-state index in [0.717, 1.165) is 0 Å². The molecule has 2 nitrogen and oxygen atoms in total. The van der Waals surface area contributed by atoms with Crippen LogP contribution in [0.2, 0.25) is 0 Å². The molecule has 0 saturated heterocycles. The molecule has 1 atom stereocenters. The summed E-state index contributed by atoms with van der Waals surface area (Å²) in [4.78, 5) is 0. The van der Waals surface area contributed by atoms with E-state index in [4.69, 9.17) is 10.5 Å². The molecule has 0 unspecified atom stereocenters. The van der Waals surface area contributed by atoms with E-state index in [1.54, 1.807) is 26.0 Å². The maximum absolute atomic E-state index is 13.8. The van der Waals surface area contributed by atoms with E-state index in [-0.39, 0.29) is 17.6 Å². The lowest BCUT2D eigenvalue weighted by molar-refractivity contribution is 0.431. The minimum absolute atomic E-state index is 0.0866. The summed E-state index contributed by atoms with van der Waals surface area (Å²) in [6.07, 6.45) is 0. The number of para-hydroxylation sites is 1. The fourth-order valence-electron chi connectivity index (χ4n) is 1.79. The van der Waals surface area contributed by atoms with E-state index < -0.39 is 5.82 Å². The van der Waals surface area contributed by atoms with Gasteiger partial charge in [0.2, 0.25) is 0 Å². The second kappa shape index (κ2) is 5.36. The van der Waals surface area contributed by atoms with Crippen LogP contribution in [-0.4, -0.2) is 0 Å². The van der Waals surface area contributed by atoms with E-state index in [0.29, 0.717) is 16.9 Å². The summed E-state index contributed by atoms with van der Waals surface area (Å²) in [6, 6.07) is 8.50. The molecule has 0 fully saturated rings. The average molecular weight is 263 g/mol. The molecular formula is C15H15F2NO. The SMILES string of the molecule is Cc1cc(Oc2c(F)cccc2[C@@H](C)N)ccc1F. The van der Waals surface area contributed by atoms with Gasteiger partial charge in [-0.05, 0) is 43.7 Å². The number of benzene rings is 2. The summed E-state index contributed by atoms with van der Waals surface area (Å²) >= 11 is 0. The largest absolute Gasteiger partial charge is 0.454 e. The van der Waals surface area contributed by atoms with Crippen molar-refractivity contribution in [3.63, 3.8) is 0 Å². The van der Waals surface area contributed by atoms with Crippen molar-refractivity contribution in [2.45, 2.75) is 19.9 Å². The molecule has 0 saturated carbocycles. The maximum Gasteiger partial charge on any atom is 0.167 e. The Bertz CT molecular complexity index is 597. The zero-order valence-corrected chi connectivity index (χ0v) is 10.8. The van der Waals surface area contributed by atoms with Gasteiger partial charge in [-0.25, -0.2) is 8.78 Å². The van der Waals surface area contributed by atoms with Crippen LogP contribution in [0.25, 0.3) is 0 Å². The van der Waals surface area contributed by atoms with Gasteiger partial charge in [-0.15, -0.1) is 0 Å². The Kier molecular flexibility index (Phi) is 3.81. The number of hydrogen-bond acceptors (Lipinski definition) is 2. The van der Waals surface area contributed by atoms with Gasteiger partial charge in [0.05, 0.1) is 0 Å². The molecule has 0 aliphatic heterocycles. The van der Waals surface area contributed by atoms with Gasteiger partial charge < -0.3 is 10.5 Å². The zero-order chi connectivity index (χ0) is 14.0. The summed E-state index contributed by atoms with van der Waals surface area (Å²) in [6.45, 7) is 3.37. The molecule has 0 spiro atoms. The summed E-state index contributed by atoms with van der Waals surface area (Å²) in [7, 11) is 0. The Labute approximate surface area is 110 Å². The molecule has 2 N–H and O–H groups in total. The van der Waals surface area contributed by atoms with Crippen molar-refractivity contribution in [1.82, 2.24) is 0 Å². The first-order chi connectivity index (χ1) is 8.99. The number of nitrogens with two attached hydrogens (primary N) is 1. The van der Waals surface area contributed by atoms with Crippen molar-refractivity contribution < 1.29 is 13.5 Å². The summed E-state index contributed by atoms with van der Waals surface area (Å²) in [5, 5.41) is 0. The highest BCUT2D eigenvalue weighted by Gasteiger charge is 2.14. The normalized spacial score (nSPS) is 12.3. The van der Waals surface area contributed by atoms with Gasteiger partial charge in [-0.2, -0.15) is 0 Å². The highest BCUT2D eigenvalue weighted by molar-refractivity contribution is 5.41. The van der Waals surface area contributed by atoms with Gasteiger partial charge in [0.1, 0.15) is 11.6 Å². The average Bonchev–Trinajstić information content (AvgIpc) is 2.36. The number of halogens is 2. The molecule has 100 valence electrons. The molecule has 2 rings (SSSR count). The van der Waals surface area contributed by atoms with Gasteiger partial charge in [0.25, 0.3) is 0 Å². The van der Waals surface area contributed by atoms with Crippen LogP contribution in [-0.2, 0) is 0 Å². The quantitative estimate of drug-likeness (QED) is 0.905. The monoisotopic (exact) mass is 263 g/mol. The third-order valence-electron chi connectivity index (χ3n) is 2.84. The van der Waals surface area contributed by atoms with Gasteiger partial charge >= 0.3 is 0 Å². The second-order valence-electron chi connectivity index (χ2n) is 4.46. The lowest BCUT2D eigenvalue weighted by atomic mass is 10.1. The molecule has 0 bridgehead atoms. The molecule has 0 heterocycles. The van der Waals surface area contributed by atoms with E-state index in [9.17, 15) is 8.78 Å². The third kappa shape index (κ3) is 2.90. The predicted octanol–water partition coefficient (Wildman–Crippen LogP) is 4.09. The molecule has 19 heavy (non-hydrogen) atoms. The van der Waals surface area contributed by atoms with Crippen LogP contribution in [0.15, 0.2) is 36.4 Å². The van der Waals surface area contributed by atoms with Crippen molar-refractivity contribution >= 4 is 0 Å². The van der Waals surface area contributed by atoms with Crippen molar-refractivity contribution in [2.75, 3.05) is 0 Å². The van der Waals surface area contributed by atoms with E-state index >= 15 is 0 Å². The number of rotatable bonds is 3. The topological polar surface area (TPSA) is 35.2 Å². The van der Waals surface area contributed by atoms with Gasteiger partial charge in [0.15, 0.2) is 11.6 Å². The fourth-order valence-corrected chi connectivity index (χ4v) is 1.79. The fraction of sp³-hybridized carbons (Fsp3) is 0.200. The first kappa shape index (κ1) is 13.5. The Morgan fingerprint density at radius 2 is 1.84 bits per heavy atom. The smallest absolute Gasteiger partial charge is 0.167 e.